The number of hydrogen-bond acceptors (Lipinski definition) is 3. The lowest BCUT2D eigenvalue weighted by Gasteiger charge is -2.17. The summed E-state index contributed by atoms with van der Waals surface area (Å²) in [7, 11) is 0. The third-order valence-electron chi connectivity index (χ3n) is 2.62. The summed E-state index contributed by atoms with van der Waals surface area (Å²) in [6, 6.07) is 0. The lowest BCUT2D eigenvalue weighted by molar-refractivity contribution is 0.343. The second-order valence-corrected chi connectivity index (χ2v) is 4.31. The Hall–Kier alpha value is -0.380. The van der Waals surface area contributed by atoms with E-state index in [1.807, 2.05) is 0 Å². The molecule has 66 valence electrons. The molecule has 12 heavy (non-hydrogen) atoms. The van der Waals surface area contributed by atoms with Crippen LogP contribution in [0.4, 0.5) is 0 Å². The van der Waals surface area contributed by atoms with Gasteiger partial charge in [-0.15, -0.1) is 10.2 Å². The van der Waals surface area contributed by atoms with Crippen LogP contribution in [0.25, 0.3) is 0 Å². The largest absolute Gasteiger partial charge is 0.415 e. The third kappa shape index (κ3) is 1.28. The standard InChI is InChI=1S/C8H11BrN2O/c1-8(4-2-3-5-8)6-10-11-7(9)12-6/h2-5H2,1H3. The minimum atomic E-state index is 0.138. The van der Waals surface area contributed by atoms with Gasteiger partial charge in [0.25, 0.3) is 4.80 Å². The van der Waals surface area contributed by atoms with Crippen molar-refractivity contribution in [2.45, 2.75) is 38.0 Å². The van der Waals surface area contributed by atoms with Crippen molar-refractivity contribution >= 4 is 15.9 Å². The molecule has 0 aromatic carbocycles. The summed E-state index contributed by atoms with van der Waals surface area (Å²) in [5.74, 6) is 0.784. The molecule has 0 atom stereocenters. The van der Waals surface area contributed by atoms with Crippen LogP contribution < -0.4 is 0 Å². The van der Waals surface area contributed by atoms with Gasteiger partial charge in [0.05, 0.1) is 0 Å². The molecule has 1 aromatic heterocycles. The predicted octanol–water partition coefficient (Wildman–Crippen LogP) is 2.66. The second-order valence-electron chi connectivity index (χ2n) is 3.63. The SMILES string of the molecule is CC1(c2nnc(Br)o2)CCCC1. The minimum Gasteiger partial charge on any atom is -0.415 e. The maximum atomic E-state index is 5.36. The van der Waals surface area contributed by atoms with Crippen LogP contribution in [0.1, 0.15) is 38.5 Å². The van der Waals surface area contributed by atoms with E-state index in [0.29, 0.717) is 4.80 Å². The van der Waals surface area contributed by atoms with Crippen molar-refractivity contribution in [1.82, 2.24) is 10.2 Å². The van der Waals surface area contributed by atoms with E-state index in [-0.39, 0.29) is 5.41 Å². The average Bonchev–Trinajstić information content (AvgIpc) is 2.59. The van der Waals surface area contributed by atoms with Crippen LogP contribution in [-0.4, -0.2) is 10.2 Å². The molecule has 0 N–H and O–H groups in total. The maximum Gasteiger partial charge on any atom is 0.284 e. The van der Waals surface area contributed by atoms with Gasteiger partial charge in [-0.2, -0.15) is 0 Å². The molecule has 1 aliphatic carbocycles. The van der Waals surface area contributed by atoms with Crippen molar-refractivity contribution in [2.24, 2.45) is 0 Å². The Kier molecular flexibility index (Phi) is 1.94. The molecule has 0 aliphatic heterocycles. The molecule has 1 aromatic rings. The zero-order valence-electron chi connectivity index (χ0n) is 7.01. The summed E-state index contributed by atoms with van der Waals surface area (Å²) in [6.07, 6.45) is 4.89. The fourth-order valence-corrected chi connectivity index (χ4v) is 2.05. The van der Waals surface area contributed by atoms with Gasteiger partial charge in [0.15, 0.2) is 0 Å². The molecule has 0 saturated heterocycles. The quantitative estimate of drug-likeness (QED) is 0.745. The Labute approximate surface area is 79.7 Å². The van der Waals surface area contributed by atoms with E-state index in [0.717, 1.165) is 5.89 Å². The smallest absolute Gasteiger partial charge is 0.284 e. The highest BCUT2D eigenvalue weighted by atomic mass is 79.9. The normalized spacial score (nSPS) is 21.5. The van der Waals surface area contributed by atoms with E-state index in [2.05, 4.69) is 33.1 Å². The number of halogens is 1. The van der Waals surface area contributed by atoms with Crippen molar-refractivity contribution in [2.75, 3.05) is 0 Å². The van der Waals surface area contributed by atoms with Crippen molar-refractivity contribution in [3.8, 4) is 0 Å². The number of nitrogens with zero attached hydrogens (tertiary/aromatic N) is 2. The topological polar surface area (TPSA) is 38.9 Å². The Morgan fingerprint density at radius 2 is 2.00 bits per heavy atom. The molecular formula is C8H11BrN2O. The van der Waals surface area contributed by atoms with Gasteiger partial charge in [-0.3, -0.25) is 0 Å². The van der Waals surface area contributed by atoms with E-state index < -0.39 is 0 Å². The zero-order chi connectivity index (χ0) is 8.60. The minimum absolute atomic E-state index is 0.138. The van der Waals surface area contributed by atoms with Crippen LogP contribution in [0.5, 0.6) is 0 Å². The fourth-order valence-electron chi connectivity index (χ4n) is 1.82. The van der Waals surface area contributed by atoms with Crippen molar-refractivity contribution in [3.63, 3.8) is 0 Å². The molecule has 1 aliphatic rings. The van der Waals surface area contributed by atoms with E-state index in [4.69, 9.17) is 4.42 Å². The van der Waals surface area contributed by atoms with Crippen LogP contribution >= 0.6 is 15.9 Å². The van der Waals surface area contributed by atoms with Crippen LogP contribution in [0.3, 0.4) is 0 Å². The molecule has 4 heteroatoms. The average molecular weight is 231 g/mol. The van der Waals surface area contributed by atoms with E-state index >= 15 is 0 Å². The Bertz CT molecular complexity index is 278. The Morgan fingerprint density at radius 1 is 1.33 bits per heavy atom. The summed E-state index contributed by atoms with van der Waals surface area (Å²) < 4.78 is 5.36. The van der Waals surface area contributed by atoms with E-state index in [9.17, 15) is 0 Å². The third-order valence-corrected chi connectivity index (χ3v) is 2.94. The van der Waals surface area contributed by atoms with Gasteiger partial charge in [-0.25, -0.2) is 0 Å². The molecule has 1 heterocycles. The van der Waals surface area contributed by atoms with Gasteiger partial charge in [0, 0.05) is 21.3 Å². The number of hydrogen-bond donors (Lipinski definition) is 0. The highest BCUT2D eigenvalue weighted by molar-refractivity contribution is 9.10. The summed E-state index contributed by atoms with van der Waals surface area (Å²) >= 11 is 3.16. The Morgan fingerprint density at radius 3 is 2.50 bits per heavy atom. The molecule has 0 amide bonds. The molecule has 3 nitrogen and oxygen atoms in total. The fraction of sp³-hybridized carbons (Fsp3) is 0.750. The first-order valence-corrected chi connectivity index (χ1v) is 4.99. The molecule has 0 bridgehead atoms. The summed E-state index contributed by atoms with van der Waals surface area (Å²) in [5, 5.41) is 7.81. The first-order chi connectivity index (χ1) is 5.71. The number of rotatable bonds is 1. The number of aromatic nitrogens is 2. The van der Waals surface area contributed by atoms with Crippen molar-refractivity contribution in [3.05, 3.63) is 10.7 Å². The summed E-state index contributed by atoms with van der Waals surface area (Å²) in [6.45, 7) is 2.19. The molecule has 1 fully saturated rings. The van der Waals surface area contributed by atoms with Gasteiger partial charge in [-0.1, -0.05) is 19.8 Å². The second kappa shape index (κ2) is 2.83. The van der Waals surface area contributed by atoms with Crippen LogP contribution in [0.2, 0.25) is 0 Å². The van der Waals surface area contributed by atoms with Crippen LogP contribution in [0.15, 0.2) is 9.22 Å². The molecule has 0 spiro atoms. The van der Waals surface area contributed by atoms with Crippen LogP contribution in [0, 0.1) is 0 Å². The van der Waals surface area contributed by atoms with Gasteiger partial charge < -0.3 is 4.42 Å². The highest BCUT2D eigenvalue weighted by Gasteiger charge is 2.35. The van der Waals surface area contributed by atoms with Crippen LogP contribution in [-0.2, 0) is 5.41 Å². The van der Waals surface area contributed by atoms with E-state index in [1.54, 1.807) is 0 Å². The van der Waals surface area contributed by atoms with Gasteiger partial charge in [0.1, 0.15) is 0 Å². The molecule has 2 rings (SSSR count). The highest BCUT2D eigenvalue weighted by Crippen LogP contribution is 2.39. The molecule has 1 saturated carbocycles. The molecule has 0 unspecified atom stereocenters. The lowest BCUT2D eigenvalue weighted by atomic mass is 9.89. The van der Waals surface area contributed by atoms with Crippen molar-refractivity contribution in [1.29, 1.82) is 0 Å². The van der Waals surface area contributed by atoms with Gasteiger partial charge in [0.2, 0.25) is 5.89 Å². The van der Waals surface area contributed by atoms with Crippen molar-refractivity contribution < 1.29 is 4.42 Å². The molecular weight excluding hydrogens is 220 g/mol. The van der Waals surface area contributed by atoms with Gasteiger partial charge >= 0.3 is 0 Å². The lowest BCUT2D eigenvalue weighted by Crippen LogP contribution is -2.17. The predicted molar refractivity (Wildman–Crippen MR) is 47.8 cm³/mol. The molecule has 0 radical (unpaired) electrons. The maximum absolute atomic E-state index is 5.36. The monoisotopic (exact) mass is 230 g/mol. The first kappa shape index (κ1) is 8.23. The first-order valence-electron chi connectivity index (χ1n) is 4.20. The van der Waals surface area contributed by atoms with E-state index in [1.165, 1.54) is 25.7 Å². The zero-order valence-corrected chi connectivity index (χ0v) is 8.60. The van der Waals surface area contributed by atoms with Gasteiger partial charge in [-0.05, 0) is 12.8 Å². The summed E-state index contributed by atoms with van der Waals surface area (Å²) in [5.41, 5.74) is 0.138. The summed E-state index contributed by atoms with van der Waals surface area (Å²) in [4.78, 5) is 0.491. The Balaban J connectivity index is 2.28.